The van der Waals surface area contributed by atoms with E-state index in [-0.39, 0.29) is 18.4 Å². The third kappa shape index (κ3) is 4.96. The molecule has 0 atom stereocenters. The Morgan fingerprint density at radius 3 is 2.48 bits per heavy atom. The van der Waals surface area contributed by atoms with Gasteiger partial charge in [-0.3, -0.25) is 9.59 Å². The summed E-state index contributed by atoms with van der Waals surface area (Å²) < 4.78 is 0. The maximum atomic E-state index is 12.3. The Kier molecular flexibility index (Phi) is 6.26. The fourth-order valence-electron chi connectivity index (χ4n) is 2.47. The number of anilines is 1. The number of hydrogen-bond donors (Lipinski definition) is 1. The Morgan fingerprint density at radius 1 is 1.11 bits per heavy atom. The van der Waals surface area contributed by atoms with Crippen LogP contribution in [0.3, 0.4) is 0 Å². The van der Waals surface area contributed by atoms with Gasteiger partial charge in [-0.2, -0.15) is 0 Å². The summed E-state index contributed by atoms with van der Waals surface area (Å²) >= 11 is 3.05. The Bertz CT molecular complexity index is 924. The molecule has 0 radical (unpaired) electrons. The van der Waals surface area contributed by atoms with Gasteiger partial charge in [0.05, 0.1) is 12.2 Å². The van der Waals surface area contributed by atoms with Crippen molar-refractivity contribution >= 4 is 40.0 Å². The van der Waals surface area contributed by atoms with E-state index in [1.165, 1.54) is 21.1 Å². The lowest BCUT2D eigenvalue weighted by Gasteiger charge is -2.16. The molecule has 0 fully saturated rings. The van der Waals surface area contributed by atoms with Crippen LogP contribution in [0.25, 0.3) is 11.3 Å². The fraction of sp³-hybridized carbons (Fsp3) is 0.150. The highest BCUT2D eigenvalue weighted by atomic mass is 32.2. The molecule has 3 rings (SSSR count). The largest absolute Gasteiger partial charge is 0.332 e. The molecule has 5 nitrogen and oxygen atoms in total. The van der Waals surface area contributed by atoms with Crippen molar-refractivity contribution in [3.05, 3.63) is 65.5 Å². The normalized spacial score (nSPS) is 10.4. The van der Waals surface area contributed by atoms with Gasteiger partial charge < -0.3 is 10.2 Å². The highest BCUT2D eigenvalue weighted by Crippen LogP contribution is 2.26. The van der Waals surface area contributed by atoms with Crippen LogP contribution in [-0.2, 0) is 4.79 Å². The minimum Gasteiger partial charge on any atom is -0.332 e. The van der Waals surface area contributed by atoms with Gasteiger partial charge in [0.2, 0.25) is 5.91 Å². The zero-order valence-corrected chi connectivity index (χ0v) is 16.6. The highest BCUT2D eigenvalue weighted by molar-refractivity contribution is 7.98. The van der Waals surface area contributed by atoms with Gasteiger partial charge >= 0.3 is 0 Å². The quantitative estimate of drug-likeness (QED) is 0.632. The molecule has 1 N–H and O–H groups in total. The maximum Gasteiger partial charge on any atom is 0.254 e. The Labute approximate surface area is 166 Å². The first-order valence-corrected chi connectivity index (χ1v) is 10.4. The average molecular weight is 398 g/mol. The van der Waals surface area contributed by atoms with Gasteiger partial charge in [-0.25, -0.2) is 4.98 Å². The van der Waals surface area contributed by atoms with Gasteiger partial charge in [0.1, 0.15) is 0 Å². The number of thioether (sulfide) groups is 1. The smallest absolute Gasteiger partial charge is 0.254 e. The second-order valence-electron chi connectivity index (χ2n) is 5.84. The van der Waals surface area contributed by atoms with Crippen molar-refractivity contribution in [3.8, 4) is 11.3 Å². The zero-order valence-electron chi connectivity index (χ0n) is 15.0. The number of amides is 2. The molecular formula is C20H19N3O2S2. The fourth-order valence-corrected chi connectivity index (χ4v) is 3.62. The van der Waals surface area contributed by atoms with Gasteiger partial charge in [-0.1, -0.05) is 30.3 Å². The Balaban J connectivity index is 1.59. The summed E-state index contributed by atoms with van der Waals surface area (Å²) in [7, 11) is 1.61. The molecule has 0 unspecified atom stereocenters. The summed E-state index contributed by atoms with van der Waals surface area (Å²) in [6.45, 7) is -0.0366. The molecule has 2 amide bonds. The number of aromatic nitrogens is 1. The standard InChI is InChI=1S/C20H19N3O2S2/c1-23(19(25)15-6-4-3-5-7-15)12-18(24)22-20-21-17(13-27-20)14-8-10-16(26-2)11-9-14/h3-11,13H,12H2,1-2H3,(H,21,22,24). The average Bonchev–Trinajstić information content (AvgIpc) is 3.16. The number of nitrogens with zero attached hydrogens (tertiary/aromatic N) is 2. The van der Waals surface area contributed by atoms with Crippen molar-refractivity contribution in [2.24, 2.45) is 0 Å². The van der Waals surface area contributed by atoms with Gasteiger partial charge in [0.15, 0.2) is 5.13 Å². The number of carbonyl (C=O) groups is 2. The molecule has 0 aliphatic carbocycles. The molecule has 1 aromatic heterocycles. The van der Waals surface area contributed by atoms with Gasteiger partial charge in [0.25, 0.3) is 5.91 Å². The Morgan fingerprint density at radius 2 is 1.81 bits per heavy atom. The second-order valence-corrected chi connectivity index (χ2v) is 7.58. The van der Waals surface area contributed by atoms with Crippen molar-refractivity contribution in [2.75, 3.05) is 25.2 Å². The van der Waals surface area contributed by atoms with Crippen molar-refractivity contribution in [2.45, 2.75) is 4.90 Å². The molecular weight excluding hydrogens is 378 g/mol. The van der Waals surface area contributed by atoms with Gasteiger partial charge in [-0.05, 0) is 30.5 Å². The summed E-state index contributed by atoms with van der Waals surface area (Å²) in [6, 6.07) is 17.0. The first-order valence-electron chi connectivity index (χ1n) is 8.27. The third-order valence-electron chi connectivity index (χ3n) is 3.88. The van der Waals surface area contributed by atoms with Crippen LogP contribution >= 0.6 is 23.1 Å². The van der Waals surface area contributed by atoms with E-state index in [2.05, 4.69) is 10.3 Å². The summed E-state index contributed by atoms with van der Waals surface area (Å²) in [4.78, 5) is 31.6. The molecule has 0 aliphatic heterocycles. The van der Waals surface area contributed by atoms with E-state index in [4.69, 9.17) is 0 Å². The SMILES string of the molecule is CSc1ccc(-c2csc(NC(=O)CN(C)C(=O)c3ccccc3)n2)cc1. The molecule has 1 heterocycles. The monoisotopic (exact) mass is 397 g/mol. The molecule has 138 valence electrons. The van der Waals surface area contributed by atoms with Crippen LogP contribution in [0.5, 0.6) is 0 Å². The van der Waals surface area contributed by atoms with Crippen molar-refractivity contribution in [1.82, 2.24) is 9.88 Å². The van der Waals surface area contributed by atoms with E-state index < -0.39 is 0 Å². The lowest BCUT2D eigenvalue weighted by molar-refractivity contribution is -0.116. The number of thiazole rings is 1. The van der Waals surface area contributed by atoms with Crippen LogP contribution in [0, 0.1) is 0 Å². The predicted octanol–water partition coefficient (Wildman–Crippen LogP) is 4.24. The van der Waals surface area contributed by atoms with E-state index in [1.807, 2.05) is 42.0 Å². The number of hydrogen-bond acceptors (Lipinski definition) is 5. The number of likely N-dealkylation sites (N-methyl/N-ethyl adjacent to an activating group) is 1. The van der Waals surface area contributed by atoms with E-state index >= 15 is 0 Å². The molecule has 0 bridgehead atoms. The summed E-state index contributed by atoms with van der Waals surface area (Å²) in [5.41, 5.74) is 2.37. The Hall–Kier alpha value is -2.64. The highest BCUT2D eigenvalue weighted by Gasteiger charge is 2.15. The summed E-state index contributed by atoms with van der Waals surface area (Å²) in [5.74, 6) is -0.472. The molecule has 0 saturated carbocycles. The predicted molar refractivity (Wildman–Crippen MR) is 111 cm³/mol. The number of benzene rings is 2. The number of carbonyl (C=O) groups excluding carboxylic acids is 2. The lowest BCUT2D eigenvalue weighted by Crippen LogP contribution is -2.34. The number of nitrogens with one attached hydrogen (secondary N) is 1. The van der Waals surface area contributed by atoms with Crippen molar-refractivity contribution in [1.29, 1.82) is 0 Å². The summed E-state index contributed by atoms with van der Waals surface area (Å²) in [5, 5.41) is 5.19. The lowest BCUT2D eigenvalue weighted by atomic mass is 10.2. The molecule has 0 aliphatic rings. The van der Waals surface area contributed by atoms with Crippen molar-refractivity contribution in [3.63, 3.8) is 0 Å². The first kappa shape index (κ1) is 19.1. The van der Waals surface area contributed by atoms with Gasteiger partial charge in [0, 0.05) is 28.5 Å². The van der Waals surface area contributed by atoms with E-state index in [9.17, 15) is 9.59 Å². The van der Waals surface area contributed by atoms with Crippen LogP contribution in [0.15, 0.2) is 64.9 Å². The third-order valence-corrected chi connectivity index (χ3v) is 5.39. The molecule has 7 heteroatoms. The van der Waals surface area contributed by atoms with Gasteiger partial charge in [-0.15, -0.1) is 23.1 Å². The zero-order chi connectivity index (χ0) is 19.2. The van der Waals surface area contributed by atoms with Crippen LogP contribution in [0.2, 0.25) is 0 Å². The van der Waals surface area contributed by atoms with E-state index in [1.54, 1.807) is 43.1 Å². The number of rotatable bonds is 6. The molecule has 3 aromatic rings. The molecule has 2 aromatic carbocycles. The first-order chi connectivity index (χ1) is 13.1. The topological polar surface area (TPSA) is 62.3 Å². The second kappa shape index (κ2) is 8.83. The molecule has 27 heavy (non-hydrogen) atoms. The maximum absolute atomic E-state index is 12.3. The van der Waals surface area contributed by atoms with E-state index in [0.717, 1.165) is 11.3 Å². The van der Waals surface area contributed by atoms with E-state index in [0.29, 0.717) is 10.7 Å². The molecule has 0 spiro atoms. The molecule has 0 saturated heterocycles. The minimum absolute atomic E-state index is 0.0366. The van der Waals surface area contributed by atoms with Crippen LogP contribution in [-0.4, -0.2) is 41.5 Å². The van der Waals surface area contributed by atoms with Crippen molar-refractivity contribution < 1.29 is 9.59 Å². The summed E-state index contributed by atoms with van der Waals surface area (Å²) in [6.07, 6.45) is 2.03. The minimum atomic E-state index is -0.277. The van der Waals surface area contributed by atoms with Crippen LogP contribution < -0.4 is 5.32 Å². The van der Waals surface area contributed by atoms with Crippen LogP contribution in [0.4, 0.5) is 5.13 Å². The van der Waals surface area contributed by atoms with Crippen LogP contribution in [0.1, 0.15) is 10.4 Å².